The van der Waals surface area contributed by atoms with Gasteiger partial charge in [-0.05, 0) is 42.7 Å². The molecular weight excluding hydrogens is 341 g/mol. The van der Waals surface area contributed by atoms with Crippen LogP contribution in [0.4, 0.5) is 15.8 Å². The number of hydrogen-bond acceptors (Lipinski definition) is 3. The highest BCUT2D eigenvalue weighted by Crippen LogP contribution is 2.36. The molecule has 0 atom stereocenters. The zero-order valence-electron chi connectivity index (χ0n) is 13.7. The number of halogens is 2. The number of carbonyl (C=O) groups excluding carboxylic acids is 1. The molecule has 2 aliphatic rings. The molecule has 2 heterocycles. The highest BCUT2D eigenvalue weighted by atomic mass is 35.5. The summed E-state index contributed by atoms with van der Waals surface area (Å²) in [5, 5.41) is 6.92. The van der Waals surface area contributed by atoms with Gasteiger partial charge in [-0.2, -0.15) is 0 Å². The van der Waals surface area contributed by atoms with Crippen LogP contribution in [0.5, 0.6) is 0 Å². The molecule has 0 saturated carbocycles. The van der Waals surface area contributed by atoms with Crippen molar-refractivity contribution in [2.75, 3.05) is 23.7 Å². The van der Waals surface area contributed by atoms with Crippen LogP contribution in [0.3, 0.4) is 0 Å². The van der Waals surface area contributed by atoms with Crippen molar-refractivity contribution in [3.05, 3.63) is 58.9 Å². The largest absolute Gasteiger partial charge is 0.369 e. The van der Waals surface area contributed by atoms with Crippen LogP contribution in [-0.2, 0) is 11.3 Å². The standard InChI is InChI=1S/C19H19ClFN3O/c20-15-11-14(21)6-5-13(15)12-24-9-7-19(8-10-24)18(25)22-16-3-1-2-4-17(16)23-19/h1-6,11,23H,7-10,12H2,(H,22,25). The molecule has 130 valence electrons. The van der Waals surface area contributed by atoms with Crippen molar-refractivity contribution in [3.63, 3.8) is 0 Å². The number of anilines is 2. The summed E-state index contributed by atoms with van der Waals surface area (Å²) in [5.41, 5.74) is 2.15. The molecule has 25 heavy (non-hydrogen) atoms. The van der Waals surface area contributed by atoms with E-state index in [2.05, 4.69) is 15.5 Å². The number of benzene rings is 2. The van der Waals surface area contributed by atoms with Crippen molar-refractivity contribution in [3.8, 4) is 0 Å². The number of nitrogens with one attached hydrogen (secondary N) is 2. The van der Waals surface area contributed by atoms with Gasteiger partial charge in [0.15, 0.2) is 0 Å². The first-order valence-corrected chi connectivity index (χ1v) is 8.78. The Hall–Kier alpha value is -2.11. The molecule has 0 aromatic heterocycles. The Morgan fingerprint density at radius 1 is 1.12 bits per heavy atom. The van der Waals surface area contributed by atoms with Gasteiger partial charge in [0.05, 0.1) is 11.4 Å². The predicted octanol–water partition coefficient (Wildman–Crippen LogP) is 3.88. The third kappa shape index (κ3) is 3.10. The summed E-state index contributed by atoms with van der Waals surface area (Å²) < 4.78 is 13.2. The van der Waals surface area contributed by atoms with Gasteiger partial charge in [-0.3, -0.25) is 9.69 Å². The van der Waals surface area contributed by atoms with Gasteiger partial charge in [0, 0.05) is 24.7 Å². The highest BCUT2D eigenvalue weighted by Gasteiger charge is 2.44. The van der Waals surface area contributed by atoms with Gasteiger partial charge in [-0.25, -0.2) is 4.39 Å². The van der Waals surface area contributed by atoms with Crippen molar-refractivity contribution in [2.45, 2.75) is 24.9 Å². The van der Waals surface area contributed by atoms with Crippen LogP contribution in [-0.4, -0.2) is 29.4 Å². The summed E-state index contributed by atoms with van der Waals surface area (Å²) in [6.07, 6.45) is 1.43. The molecule has 0 radical (unpaired) electrons. The van der Waals surface area contributed by atoms with Crippen LogP contribution in [0, 0.1) is 5.82 Å². The zero-order chi connectivity index (χ0) is 17.4. The molecule has 0 aliphatic carbocycles. The Morgan fingerprint density at radius 3 is 2.56 bits per heavy atom. The van der Waals surface area contributed by atoms with Crippen LogP contribution in [0.1, 0.15) is 18.4 Å². The lowest BCUT2D eigenvalue weighted by atomic mass is 9.84. The fourth-order valence-electron chi connectivity index (χ4n) is 3.59. The lowest BCUT2D eigenvalue weighted by molar-refractivity contribution is -0.122. The smallest absolute Gasteiger partial charge is 0.250 e. The van der Waals surface area contributed by atoms with E-state index in [9.17, 15) is 9.18 Å². The number of nitrogens with zero attached hydrogens (tertiary/aromatic N) is 1. The van der Waals surface area contributed by atoms with E-state index in [4.69, 9.17) is 11.6 Å². The molecule has 1 fully saturated rings. The number of piperidine rings is 1. The third-order valence-corrected chi connectivity index (χ3v) is 5.45. The average Bonchev–Trinajstić information content (AvgIpc) is 2.60. The average molecular weight is 360 g/mol. The van der Waals surface area contributed by atoms with Crippen molar-refractivity contribution >= 4 is 28.9 Å². The molecule has 2 N–H and O–H groups in total. The van der Waals surface area contributed by atoms with Crippen molar-refractivity contribution < 1.29 is 9.18 Å². The van der Waals surface area contributed by atoms with Gasteiger partial charge < -0.3 is 10.6 Å². The van der Waals surface area contributed by atoms with E-state index in [0.717, 1.165) is 30.0 Å². The molecule has 1 amide bonds. The van der Waals surface area contributed by atoms with Crippen molar-refractivity contribution in [2.24, 2.45) is 0 Å². The van der Waals surface area contributed by atoms with Crippen LogP contribution in [0.25, 0.3) is 0 Å². The second-order valence-electron chi connectivity index (χ2n) is 6.72. The molecule has 0 bridgehead atoms. The molecule has 0 unspecified atom stereocenters. The molecule has 2 aromatic carbocycles. The zero-order valence-corrected chi connectivity index (χ0v) is 14.4. The summed E-state index contributed by atoms with van der Waals surface area (Å²) in [4.78, 5) is 14.9. The van der Waals surface area contributed by atoms with Gasteiger partial charge in [-0.15, -0.1) is 0 Å². The lowest BCUT2D eigenvalue weighted by Crippen LogP contribution is -2.58. The van der Waals surface area contributed by atoms with Gasteiger partial charge in [0.1, 0.15) is 11.4 Å². The van der Waals surface area contributed by atoms with E-state index in [0.29, 0.717) is 24.4 Å². The fraction of sp³-hybridized carbons (Fsp3) is 0.316. The Kier molecular flexibility index (Phi) is 4.13. The van der Waals surface area contributed by atoms with E-state index < -0.39 is 5.54 Å². The van der Waals surface area contributed by atoms with Crippen LogP contribution >= 0.6 is 11.6 Å². The molecular formula is C19H19ClFN3O. The Morgan fingerprint density at radius 2 is 1.84 bits per heavy atom. The first kappa shape index (κ1) is 16.4. The third-order valence-electron chi connectivity index (χ3n) is 5.10. The predicted molar refractivity (Wildman–Crippen MR) is 97.3 cm³/mol. The lowest BCUT2D eigenvalue weighted by Gasteiger charge is -2.44. The normalized spacial score (nSPS) is 19.2. The fourth-order valence-corrected chi connectivity index (χ4v) is 3.82. The van der Waals surface area contributed by atoms with Crippen LogP contribution in [0.2, 0.25) is 5.02 Å². The number of likely N-dealkylation sites (tertiary alicyclic amines) is 1. The Balaban J connectivity index is 1.45. The number of hydrogen-bond donors (Lipinski definition) is 2. The monoisotopic (exact) mass is 359 g/mol. The summed E-state index contributed by atoms with van der Waals surface area (Å²) in [6, 6.07) is 12.3. The SMILES string of the molecule is O=C1Nc2ccccc2NC12CCN(Cc1ccc(F)cc1Cl)CC2. The minimum atomic E-state index is -0.558. The van der Waals surface area contributed by atoms with E-state index in [1.165, 1.54) is 12.1 Å². The first-order chi connectivity index (χ1) is 12.1. The second-order valence-corrected chi connectivity index (χ2v) is 7.13. The van der Waals surface area contributed by atoms with E-state index >= 15 is 0 Å². The van der Waals surface area contributed by atoms with Gasteiger partial charge in [0.25, 0.3) is 0 Å². The first-order valence-electron chi connectivity index (χ1n) is 8.41. The molecule has 2 aromatic rings. The van der Waals surface area contributed by atoms with Crippen molar-refractivity contribution in [1.82, 2.24) is 4.90 Å². The summed E-state index contributed by atoms with van der Waals surface area (Å²) in [5.74, 6) is -0.293. The van der Waals surface area contributed by atoms with Crippen LogP contribution in [0.15, 0.2) is 42.5 Å². The maximum absolute atomic E-state index is 13.2. The number of fused-ring (bicyclic) bond motifs is 1. The molecule has 1 saturated heterocycles. The highest BCUT2D eigenvalue weighted by molar-refractivity contribution is 6.31. The van der Waals surface area contributed by atoms with Crippen LogP contribution < -0.4 is 10.6 Å². The van der Waals surface area contributed by atoms with Gasteiger partial charge >= 0.3 is 0 Å². The molecule has 2 aliphatic heterocycles. The Labute approximate surface area is 151 Å². The Bertz CT molecular complexity index is 818. The molecule has 1 spiro atoms. The number of para-hydroxylation sites is 2. The quantitative estimate of drug-likeness (QED) is 0.855. The second kappa shape index (κ2) is 6.32. The van der Waals surface area contributed by atoms with E-state index in [1.54, 1.807) is 6.07 Å². The molecule has 4 nitrogen and oxygen atoms in total. The van der Waals surface area contributed by atoms with Gasteiger partial charge in [0.2, 0.25) is 5.91 Å². The topological polar surface area (TPSA) is 44.4 Å². The summed E-state index contributed by atoms with van der Waals surface area (Å²) in [7, 11) is 0. The van der Waals surface area contributed by atoms with Crippen molar-refractivity contribution in [1.29, 1.82) is 0 Å². The number of carbonyl (C=O) groups is 1. The number of rotatable bonds is 2. The number of amides is 1. The molecule has 6 heteroatoms. The van der Waals surface area contributed by atoms with Gasteiger partial charge in [-0.1, -0.05) is 29.8 Å². The minimum absolute atomic E-state index is 0.0330. The maximum Gasteiger partial charge on any atom is 0.250 e. The van der Waals surface area contributed by atoms with E-state index in [-0.39, 0.29) is 11.7 Å². The summed E-state index contributed by atoms with van der Waals surface area (Å²) in [6.45, 7) is 2.21. The minimum Gasteiger partial charge on any atom is -0.369 e. The summed E-state index contributed by atoms with van der Waals surface area (Å²) >= 11 is 6.13. The van der Waals surface area contributed by atoms with E-state index in [1.807, 2.05) is 24.3 Å². The molecule has 4 rings (SSSR count). The maximum atomic E-state index is 13.2.